The van der Waals surface area contributed by atoms with Crippen molar-refractivity contribution in [2.45, 2.75) is 65.1 Å². The lowest BCUT2D eigenvalue weighted by atomic mass is 9.83. The van der Waals surface area contributed by atoms with Crippen LogP contribution in [-0.2, 0) is 9.53 Å². The summed E-state index contributed by atoms with van der Waals surface area (Å²) in [5.74, 6) is 1.25. The summed E-state index contributed by atoms with van der Waals surface area (Å²) in [6, 6.07) is 0.923. The summed E-state index contributed by atoms with van der Waals surface area (Å²) in [5.41, 5.74) is -0.613. The number of ether oxygens (including phenoxy) is 1. The molecule has 0 aromatic rings. The minimum Gasteiger partial charge on any atom is -0.468 e. The summed E-state index contributed by atoms with van der Waals surface area (Å²) < 4.78 is 4.94. The smallest absolute Gasteiger partial charge is 0.325 e. The molecule has 0 aliphatic carbocycles. The van der Waals surface area contributed by atoms with Gasteiger partial charge >= 0.3 is 5.97 Å². The molecular weight excluding hydrogens is 252 g/mol. The first-order valence-corrected chi connectivity index (χ1v) is 7.78. The van der Waals surface area contributed by atoms with Crippen LogP contribution in [0.4, 0.5) is 0 Å². The topological polar surface area (TPSA) is 41.6 Å². The van der Waals surface area contributed by atoms with Crippen LogP contribution in [0.15, 0.2) is 0 Å². The van der Waals surface area contributed by atoms with E-state index in [0.717, 1.165) is 18.9 Å². The van der Waals surface area contributed by atoms with Gasteiger partial charge in [0.2, 0.25) is 0 Å². The number of rotatable bonds is 5. The molecule has 4 heteroatoms. The van der Waals surface area contributed by atoms with E-state index in [1.807, 2.05) is 14.0 Å². The van der Waals surface area contributed by atoms with E-state index < -0.39 is 5.54 Å². The summed E-state index contributed by atoms with van der Waals surface area (Å²) in [6.45, 7) is 12.2. The molecule has 1 saturated heterocycles. The molecule has 4 nitrogen and oxygen atoms in total. The van der Waals surface area contributed by atoms with E-state index in [4.69, 9.17) is 4.74 Å². The molecule has 1 fully saturated rings. The van der Waals surface area contributed by atoms with Crippen LogP contribution in [0.3, 0.4) is 0 Å². The Balaban J connectivity index is 2.78. The molecule has 0 amide bonds. The minimum absolute atomic E-state index is 0.183. The summed E-state index contributed by atoms with van der Waals surface area (Å²) in [5, 5.41) is 3.14. The van der Waals surface area contributed by atoms with Crippen LogP contribution >= 0.6 is 0 Å². The SMILES string of the molecule is CNC(C)(CC(C)N1CC(C)CC(C)C1C)C(=O)OC. The highest BCUT2D eigenvalue weighted by atomic mass is 16.5. The van der Waals surface area contributed by atoms with Gasteiger partial charge in [0.15, 0.2) is 0 Å². The summed E-state index contributed by atoms with van der Waals surface area (Å²) in [4.78, 5) is 14.5. The second kappa shape index (κ2) is 6.90. The van der Waals surface area contributed by atoms with Crippen molar-refractivity contribution in [2.24, 2.45) is 11.8 Å². The second-order valence-corrected chi connectivity index (χ2v) is 6.88. The van der Waals surface area contributed by atoms with Gasteiger partial charge in [-0.25, -0.2) is 0 Å². The molecule has 1 heterocycles. The van der Waals surface area contributed by atoms with E-state index in [1.165, 1.54) is 13.5 Å². The number of carbonyl (C=O) groups excluding carboxylic acids is 1. The largest absolute Gasteiger partial charge is 0.468 e. The highest BCUT2D eigenvalue weighted by Gasteiger charge is 2.38. The van der Waals surface area contributed by atoms with Crippen molar-refractivity contribution in [1.29, 1.82) is 0 Å². The van der Waals surface area contributed by atoms with Gasteiger partial charge in [0.1, 0.15) is 5.54 Å². The summed E-state index contributed by atoms with van der Waals surface area (Å²) in [7, 11) is 3.28. The van der Waals surface area contributed by atoms with Gasteiger partial charge in [0, 0.05) is 18.6 Å². The zero-order valence-corrected chi connectivity index (χ0v) is 14.2. The number of likely N-dealkylation sites (N-methyl/N-ethyl adjacent to an activating group) is 1. The number of hydrogen-bond donors (Lipinski definition) is 1. The third kappa shape index (κ3) is 3.73. The van der Waals surface area contributed by atoms with Crippen molar-refractivity contribution < 1.29 is 9.53 Å². The third-order valence-corrected chi connectivity index (χ3v) is 5.10. The van der Waals surface area contributed by atoms with E-state index in [-0.39, 0.29) is 5.97 Å². The number of likely N-dealkylation sites (tertiary alicyclic amines) is 1. The Morgan fingerprint density at radius 1 is 1.45 bits per heavy atom. The summed E-state index contributed by atoms with van der Waals surface area (Å²) >= 11 is 0. The van der Waals surface area contributed by atoms with Gasteiger partial charge in [0.05, 0.1) is 7.11 Å². The van der Waals surface area contributed by atoms with Crippen LogP contribution in [0.1, 0.15) is 47.5 Å². The van der Waals surface area contributed by atoms with Crippen LogP contribution in [0.5, 0.6) is 0 Å². The molecule has 0 bridgehead atoms. The van der Waals surface area contributed by atoms with Crippen LogP contribution in [0.2, 0.25) is 0 Å². The van der Waals surface area contributed by atoms with Gasteiger partial charge < -0.3 is 10.1 Å². The Hall–Kier alpha value is -0.610. The van der Waals surface area contributed by atoms with Crippen LogP contribution in [-0.4, -0.2) is 49.2 Å². The first-order valence-electron chi connectivity index (χ1n) is 7.78. The van der Waals surface area contributed by atoms with Crippen molar-refractivity contribution in [3.8, 4) is 0 Å². The average molecular weight is 284 g/mol. The molecule has 118 valence electrons. The van der Waals surface area contributed by atoms with Crippen LogP contribution in [0, 0.1) is 11.8 Å². The van der Waals surface area contributed by atoms with Crippen molar-refractivity contribution in [2.75, 3.05) is 20.7 Å². The molecular formula is C16H32N2O2. The van der Waals surface area contributed by atoms with Crippen molar-refractivity contribution >= 4 is 5.97 Å². The lowest BCUT2D eigenvalue weighted by Gasteiger charge is -2.46. The summed E-state index contributed by atoms with van der Waals surface area (Å²) in [6.07, 6.45) is 2.06. The fourth-order valence-corrected chi connectivity index (χ4v) is 3.56. The molecule has 0 aromatic heterocycles. The Labute approximate surface area is 124 Å². The van der Waals surface area contributed by atoms with E-state index in [1.54, 1.807) is 0 Å². The monoisotopic (exact) mass is 284 g/mol. The maximum absolute atomic E-state index is 12.0. The van der Waals surface area contributed by atoms with E-state index >= 15 is 0 Å². The maximum Gasteiger partial charge on any atom is 0.325 e. The van der Waals surface area contributed by atoms with Gasteiger partial charge in [-0.2, -0.15) is 0 Å². The van der Waals surface area contributed by atoms with E-state index in [9.17, 15) is 4.79 Å². The van der Waals surface area contributed by atoms with Crippen molar-refractivity contribution in [1.82, 2.24) is 10.2 Å². The molecule has 0 saturated carbocycles. The van der Waals surface area contributed by atoms with Gasteiger partial charge in [-0.1, -0.05) is 13.8 Å². The first-order chi connectivity index (χ1) is 9.25. The van der Waals surface area contributed by atoms with E-state index in [2.05, 4.69) is 37.9 Å². The maximum atomic E-state index is 12.0. The number of hydrogen-bond acceptors (Lipinski definition) is 4. The fraction of sp³-hybridized carbons (Fsp3) is 0.938. The Kier molecular flexibility index (Phi) is 6.02. The molecule has 0 radical (unpaired) electrons. The predicted molar refractivity (Wildman–Crippen MR) is 82.7 cm³/mol. The number of piperidine rings is 1. The molecule has 0 aromatic carbocycles. The molecule has 1 aliphatic heterocycles. The number of methoxy groups -OCH3 is 1. The molecule has 20 heavy (non-hydrogen) atoms. The number of esters is 1. The van der Waals surface area contributed by atoms with Gasteiger partial charge in [-0.15, -0.1) is 0 Å². The Morgan fingerprint density at radius 3 is 2.55 bits per heavy atom. The normalized spacial score (nSPS) is 32.5. The lowest BCUT2D eigenvalue weighted by molar-refractivity contribution is -0.148. The number of carbonyl (C=O) groups is 1. The third-order valence-electron chi connectivity index (χ3n) is 5.10. The zero-order valence-electron chi connectivity index (χ0n) is 14.2. The standard InChI is InChI=1S/C16H32N2O2/c1-11-8-12(2)14(4)18(10-11)13(3)9-16(5,17-6)15(19)20-7/h11-14,17H,8-10H2,1-7H3. The first kappa shape index (κ1) is 17.4. The molecule has 0 spiro atoms. The quantitative estimate of drug-likeness (QED) is 0.787. The van der Waals surface area contributed by atoms with Gasteiger partial charge in [-0.3, -0.25) is 9.69 Å². The predicted octanol–water partition coefficient (Wildman–Crippen LogP) is 2.28. The lowest BCUT2D eigenvalue weighted by Crippen LogP contribution is -2.56. The Morgan fingerprint density at radius 2 is 2.05 bits per heavy atom. The van der Waals surface area contributed by atoms with Crippen molar-refractivity contribution in [3.05, 3.63) is 0 Å². The minimum atomic E-state index is -0.613. The molecule has 5 unspecified atom stereocenters. The molecule has 1 aliphatic rings. The van der Waals surface area contributed by atoms with Crippen molar-refractivity contribution in [3.63, 3.8) is 0 Å². The highest BCUT2D eigenvalue weighted by Crippen LogP contribution is 2.30. The zero-order chi connectivity index (χ0) is 15.5. The highest BCUT2D eigenvalue weighted by molar-refractivity contribution is 5.80. The van der Waals surface area contributed by atoms with Gasteiger partial charge in [0.25, 0.3) is 0 Å². The molecule has 1 rings (SSSR count). The molecule has 1 N–H and O–H groups in total. The van der Waals surface area contributed by atoms with Crippen LogP contribution in [0.25, 0.3) is 0 Å². The van der Waals surface area contributed by atoms with Gasteiger partial charge in [-0.05, 0) is 52.5 Å². The fourth-order valence-electron chi connectivity index (χ4n) is 3.56. The second-order valence-electron chi connectivity index (χ2n) is 6.88. The van der Waals surface area contributed by atoms with Crippen LogP contribution < -0.4 is 5.32 Å². The number of nitrogens with one attached hydrogen (secondary N) is 1. The average Bonchev–Trinajstić information content (AvgIpc) is 2.41. The Bertz CT molecular complexity index is 334. The molecule has 5 atom stereocenters. The van der Waals surface area contributed by atoms with E-state index in [0.29, 0.717) is 18.0 Å². The number of nitrogens with zero attached hydrogens (tertiary/aromatic N) is 1.